The van der Waals surface area contributed by atoms with Crippen molar-refractivity contribution in [3.05, 3.63) is 0 Å². The molecule has 118 valence electrons. The summed E-state index contributed by atoms with van der Waals surface area (Å²) in [5.74, 6) is 0.994. The Morgan fingerprint density at radius 3 is 2.62 bits per heavy atom. The Hall–Kier alpha value is -1.10. The van der Waals surface area contributed by atoms with Gasteiger partial charge in [-0.25, -0.2) is 0 Å². The van der Waals surface area contributed by atoms with E-state index < -0.39 is 0 Å². The predicted molar refractivity (Wildman–Crippen MR) is 80.7 cm³/mol. The largest absolute Gasteiger partial charge is 0.341 e. The number of carbonyl (C=O) groups is 2. The standard InChI is InChI=1S/C16H27N3O2/c1-13(20)18-7-4-8-19(10-9-18)15(21)16-6-3-2-5-14(16)11-17-12-16/h14,17H,2-12H2,1H3/t14-,16+/m0/s1. The number of nitrogens with one attached hydrogen (secondary N) is 1. The van der Waals surface area contributed by atoms with Gasteiger partial charge in [0.05, 0.1) is 5.41 Å². The lowest BCUT2D eigenvalue weighted by atomic mass is 9.67. The van der Waals surface area contributed by atoms with Gasteiger partial charge in [0.1, 0.15) is 0 Å². The van der Waals surface area contributed by atoms with E-state index in [-0.39, 0.29) is 11.3 Å². The molecule has 0 unspecified atom stereocenters. The quantitative estimate of drug-likeness (QED) is 0.780. The summed E-state index contributed by atoms with van der Waals surface area (Å²) in [5, 5.41) is 3.46. The van der Waals surface area contributed by atoms with Crippen LogP contribution < -0.4 is 5.32 Å². The van der Waals surface area contributed by atoms with E-state index in [1.165, 1.54) is 19.3 Å². The molecule has 1 aliphatic carbocycles. The highest BCUT2D eigenvalue weighted by molar-refractivity contribution is 5.84. The van der Waals surface area contributed by atoms with Crippen molar-refractivity contribution >= 4 is 11.8 Å². The minimum Gasteiger partial charge on any atom is -0.341 e. The van der Waals surface area contributed by atoms with E-state index in [1.807, 2.05) is 9.80 Å². The molecule has 2 amide bonds. The Morgan fingerprint density at radius 2 is 1.81 bits per heavy atom. The first kappa shape index (κ1) is 14.8. The fourth-order valence-corrected chi connectivity index (χ4v) is 4.42. The van der Waals surface area contributed by atoms with Crippen molar-refractivity contribution in [1.29, 1.82) is 0 Å². The summed E-state index contributed by atoms with van der Waals surface area (Å²) in [7, 11) is 0. The van der Waals surface area contributed by atoms with Gasteiger partial charge in [0.15, 0.2) is 0 Å². The van der Waals surface area contributed by atoms with Gasteiger partial charge in [0, 0.05) is 39.6 Å². The summed E-state index contributed by atoms with van der Waals surface area (Å²) in [6.07, 6.45) is 5.57. The zero-order valence-corrected chi connectivity index (χ0v) is 13.1. The Kier molecular flexibility index (Phi) is 4.20. The maximum atomic E-state index is 13.2. The van der Waals surface area contributed by atoms with Crippen LogP contribution in [0.1, 0.15) is 39.0 Å². The summed E-state index contributed by atoms with van der Waals surface area (Å²) in [6, 6.07) is 0. The Morgan fingerprint density at radius 1 is 1.05 bits per heavy atom. The summed E-state index contributed by atoms with van der Waals surface area (Å²) >= 11 is 0. The molecule has 2 heterocycles. The molecule has 5 heteroatoms. The van der Waals surface area contributed by atoms with Crippen LogP contribution >= 0.6 is 0 Å². The molecule has 0 aromatic heterocycles. The molecule has 0 spiro atoms. The van der Waals surface area contributed by atoms with Gasteiger partial charge in [-0.15, -0.1) is 0 Å². The second-order valence-electron chi connectivity index (χ2n) is 6.88. The molecule has 0 radical (unpaired) electrons. The number of amides is 2. The maximum absolute atomic E-state index is 13.2. The highest BCUT2D eigenvalue weighted by Crippen LogP contribution is 2.45. The number of hydrogen-bond acceptors (Lipinski definition) is 3. The van der Waals surface area contributed by atoms with Crippen molar-refractivity contribution in [3.63, 3.8) is 0 Å². The van der Waals surface area contributed by atoms with Crippen molar-refractivity contribution in [3.8, 4) is 0 Å². The van der Waals surface area contributed by atoms with Crippen LogP contribution in [0.25, 0.3) is 0 Å². The van der Waals surface area contributed by atoms with Crippen molar-refractivity contribution < 1.29 is 9.59 Å². The first-order valence-corrected chi connectivity index (χ1v) is 8.39. The van der Waals surface area contributed by atoms with E-state index in [0.29, 0.717) is 24.9 Å². The average Bonchev–Trinajstić information content (AvgIpc) is 2.76. The van der Waals surface area contributed by atoms with Gasteiger partial charge in [-0.2, -0.15) is 0 Å². The molecule has 0 aromatic rings. The van der Waals surface area contributed by atoms with E-state index in [4.69, 9.17) is 0 Å². The highest BCUT2D eigenvalue weighted by Gasteiger charge is 2.51. The Balaban J connectivity index is 1.71. The number of carbonyl (C=O) groups excluding carboxylic acids is 2. The van der Waals surface area contributed by atoms with Crippen LogP contribution in [0.15, 0.2) is 0 Å². The highest BCUT2D eigenvalue weighted by atomic mass is 16.2. The monoisotopic (exact) mass is 293 g/mol. The van der Waals surface area contributed by atoms with Gasteiger partial charge in [-0.05, 0) is 31.7 Å². The molecule has 21 heavy (non-hydrogen) atoms. The van der Waals surface area contributed by atoms with Crippen LogP contribution in [0.5, 0.6) is 0 Å². The zero-order chi connectivity index (χ0) is 14.9. The minimum absolute atomic E-state index is 0.125. The number of nitrogens with zero attached hydrogens (tertiary/aromatic N) is 2. The number of fused-ring (bicyclic) bond motifs is 1. The first-order chi connectivity index (χ1) is 10.1. The van der Waals surface area contributed by atoms with Crippen LogP contribution in [-0.2, 0) is 9.59 Å². The van der Waals surface area contributed by atoms with Crippen LogP contribution in [0.2, 0.25) is 0 Å². The first-order valence-electron chi connectivity index (χ1n) is 8.39. The number of hydrogen-bond donors (Lipinski definition) is 1. The third-order valence-corrected chi connectivity index (χ3v) is 5.69. The molecule has 1 saturated carbocycles. The van der Waals surface area contributed by atoms with Crippen molar-refractivity contribution in [2.45, 2.75) is 39.0 Å². The van der Waals surface area contributed by atoms with E-state index in [0.717, 1.165) is 39.0 Å². The number of rotatable bonds is 1. The Bertz CT molecular complexity index is 426. The fourth-order valence-electron chi connectivity index (χ4n) is 4.42. The van der Waals surface area contributed by atoms with Gasteiger partial charge in [-0.3, -0.25) is 9.59 Å². The van der Waals surface area contributed by atoms with Gasteiger partial charge in [0.25, 0.3) is 0 Å². The van der Waals surface area contributed by atoms with Gasteiger partial charge >= 0.3 is 0 Å². The lowest BCUT2D eigenvalue weighted by Crippen LogP contribution is -2.50. The topological polar surface area (TPSA) is 52.7 Å². The summed E-state index contributed by atoms with van der Waals surface area (Å²) in [5.41, 5.74) is -0.149. The van der Waals surface area contributed by atoms with Gasteiger partial charge in [-0.1, -0.05) is 12.8 Å². The average molecular weight is 293 g/mol. The molecule has 3 fully saturated rings. The second-order valence-corrected chi connectivity index (χ2v) is 6.88. The molecule has 3 rings (SSSR count). The van der Waals surface area contributed by atoms with Crippen molar-refractivity contribution in [1.82, 2.24) is 15.1 Å². The fraction of sp³-hybridized carbons (Fsp3) is 0.875. The van der Waals surface area contributed by atoms with Crippen molar-refractivity contribution in [2.24, 2.45) is 11.3 Å². The van der Waals surface area contributed by atoms with Gasteiger partial charge < -0.3 is 15.1 Å². The molecule has 2 atom stereocenters. The minimum atomic E-state index is -0.149. The van der Waals surface area contributed by atoms with Gasteiger partial charge in [0.2, 0.25) is 11.8 Å². The third kappa shape index (κ3) is 2.68. The van der Waals surface area contributed by atoms with E-state index in [2.05, 4.69) is 5.32 Å². The molecule has 2 aliphatic heterocycles. The van der Waals surface area contributed by atoms with E-state index >= 15 is 0 Å². The molecular weight excluding hydrogens is 266 g/mol. The van der Waals surface area contributed by atoms with E-state index in [9.17, 15) is 9.59 Å². The zero-order valence-electron chi connectivity index (χ0n) is 13.1. The SMILES string of the molecule is CC(=O)N1CCCN(C(=O)[C@@]23CCCC[C@H]2CNC3)CC1. The van der Waals surface area contributed by atoms with Crippen LogP contribution in [0.4, 0.5) is 0 Å². The summed E-state index contributed by atoms with van der Waals surface area (Å²) < 4.78 is 0. The molecule has 0 bridgehead atoms. The third-order valence-electron chi connectivity index (χ3n) is 5.69. The van der Waals surface area contributed by atoms with Crippen molar-refractivity contribution in [2.75, 3.05) is 39.3 Å². The molecular formula is C16H27N3O2. The summed E-state index contributed by atoms with van der Waals surface area (Å²) in [6.45, 7) is 6.45. The van der Waals surface area contributed by atoms with Crippen LogP contribution in [-0.4, -0.2) is 60.9 Å². The summed E-state index contributed by atoms with van der Waals surface area (Å²) in [4.78, 5) is 28.6. The lowest BCUT2D eigenvalue weighted by Gasteiger charge is -2.40. The smallest absolute Gasteiger partial charge is 0.230 e. The molecule has 5 nitrogen and oxygen atoms in total. The second kappa shape index (κ2) is 5.95. The molecule has 1 N–H and O–H groups in total. The van der Waals surface area contributed by atoms with E-state index in [1.54, 1.807) is 6.92 Å². The lowest BCUT2D eigenvalue weighted by molar-refractivity contribution is -0.145. The molecule has 2 saturated heterocycles. The molecule has 3 aliphatic rings. The maximum Gasteiger partial charge on any atom is 0.230 e. The predicted octanol–water partition coefficient (Wildman–Crippen LogP) is 0.847. The normalized spacial score (nSPS) is 33.5. The Labute approximate surface area is 127 Å². The molecule has 0 aromatic carbocycles. The van der Waals surface area contributed by atoms with Crippen LogP contribution in [0, 0.1) is 11.3 Å². The van der Waals surface area contributed by atoms with Crippen LogP contribution in [0.3, 0.4) is 0 Å².